The van der Waals surface area contributed by atoms with Crippen LogP contribution in [0.1, 0.15) is 23.9 Å². The highest BCUT2D eigenvalue weighted by molar-refractivity contribution is 7.07. The zero-order valence-electron chi connectivity index (χ0n) is 8.05. The Morgan fingerprint density at radius 1 is 1.46 bits per heavy atom. The number of hydrogen-bond donors (Lipinski definition) is 1. The van der Waals surface area contributed by atoms with E-state index in [0.29, 0.717) is 0 Å². The first-order chi connectivity index (χ1) is 6.27. The smallest absolute Gasteiger partial charge is 0.0524 e. The second-order valence-corrected chi connectivity index (χ2v) is 4.32. The molecule has 0 saturated heterocycles. The van der Waals surface area contributed by atoms with Crippen molar-refractivity contribution in [3.8, 4) is 0 Å². The first-order valence-corrected chi connectivity index (χ1v) is 5.38. The standard InChI is InChI=1S/C10H14N2S/c1-7-3-4-11-6-9(7)10-5-8(2)12-13-10/h5,11H,3-4,6H2,1-2H3. The monoisotopic (exact) mass is 194 g/mol. The summed E-state index contributed by atoms with van der Waals surface area (Å²) in [5, 5.41) is 3.39. The van der Waals surface area contributed by atoms with E-state index in [9.17, 15) is 0 Å². The summed E-state index contributed by atoms with van der Waals surface area (Å²) in [5.74, 6) is 0. The Hall–Kier alpha value is -0.670. The first kappa shape index (κ1) is 8.91. The minimum Gasteiger partial charge on any atom is -0.312 e. The summed E-state index contributed by atoms with van der Waals surface area (Å²) in [5.41, 5.74) is 4.10. The molecule has 1 N–H and O–H groups in total. The molecule has 0 saturated carbocycles. The van der Waals surface area contributed by atoms with Gasteiger partial charge in [0.2, 0.25) is 0 Å². The van der Waals surface area contributed by atoms with Gasteiger partial charge >= 0.3 is 0 Å². The summed E-state index contributed by atoms with van der Waals surface area (Å²) < 4.78 is 4.31. The lowest BCUT2D eigenvalue weighted by molar-refractivity contribution is 0.716. The molecule has 0 unspecified atom stereocenters. The van der Waals surface area contributed by atoms with Gasteiger partial charge in [0.15, 0.2) is 0 Å². The Balaban J connectivity index is 2.34. The maximum Gasteiger partial charge on any atom is 0.0524 e. The molecule has 2 nitrogen and oxygen atoms in total. The van der Waals surface area contributed by atoms with Crippen molar-refractivity contribution in [3.05, 3.63) is 22.2 Å². The number of hydrogen-bond acceptors (Lipinski definition) is 3. The molecule has 0 amide bonds. The third-order valence-electron chi connectivity index (χ3n) is 2.42. The highest BCUT2D eigenvalue weighted by atomic mass is 32.1. The van der Waals surface area contributed by atoms with Crippen molar-refractivity contribution in [1.29, 1.82) is 0 Å². The number of aryl methyl sites for hydroxylation is 1. The molecule has 1 aromatic rings. The van der Waals surface area contributed by atoms with Gasteiger partial charge in [0.25, 0.3) is 0 Å². The van der Waals surface area contributed by atoms with Crippen LogP contribution in [0.2, 0.25) is 0 Å². The zero-order valence-corrected chi connectivity index (χ0v) is 8.87. The van der Waals surface area contributed by atoms with E-state index in [2.05, 4.69) is 22.7 Å². The Bertz CT molecular complexity index is 338. The molecule has 2 heterocycles. The number of aromatic nitrogens is 1. The SMILES string of the molecule is CC1=C(c2cc(C)ns2)CNCC1. The topological polar surface area (TPSA) is 24.9 Å². The molecule has 0 spiro atoms. The van der Waals surface area contributed by atoms with Gasteiger partial charge in [-0.2, -0.15) is 4.37 Å². The third-order valence-corrected chi connectivity index (χ3v) is 3.36. The second kappa shape index (κ2) is 3.60. The lowest BCUT2D eigenvalue weighted by atomic mass is 10.0. The fourth-order valence-corrected chi connectivity index (χ4v) is 2.47. The fraction of sp³-hybridized carbons (Fsp3) is 0.500. The van der Waals surface area contributed by atoms with Crippen molar-refractivity contribution in [2.24, 2.45) is 0 Å². The molecule has 2 rings (SSSR count). The van der Waals surface area contributed by atoms with E-state index in [4.69, 9.17) is 0 Å². The van der Waals surface area contributed by atoms with Crippen LogP contribution in [-0.2, 0) is 0 Å². The lowest BCUT2D eigenvalue weighted by Crippen LogP contribution is -2.23. The van der Waals surface area contributed by atoms with E-state index in [1.807, 2.05) is 6.92 Å². The summed E-state index contributed by atoms with van der Waals surface area (Å²) in [4.78, 5) is 1.34. The normalized spacial score (nSPS) is 18.0. The van der Waals surface area contributed by atoms with Gasteiger partial charge in [0, 0.05) is 6.54 Å². The van der Waals surface area contributed by atoms with Gasteiger partial charge in [-0.25, -0.2) is 0 Å². The van der Waals surface area contributed by atoms with Gasteiger partial charge in [-0.05, 0) is 50.0 Å². The van der Waals surface area contributed by atoms with Gasteiger partial charge in [-0.3, -0.25) is 0 Å². The zero-order chi connectivity index (χ0) is 9.26. The van der Waals surface area contributed by atoms with E-state index in [1.54, 1.807) is 11.5 Å². The summed E-state index contributed by atoms with van der Waals surface area (Å²) in [6.45, 7) is 6.40. The van der Waals surface area contributed by atoms with Crippen LogP contribution in [0.25, 0.3) is 5.57 Å². The van der Waals surface area contributed by atoms with Crippen LogP contribution < -0.4 is 5.32 Å². The van der Waals surface area contributed by atoms with E-state index in [-0.39, 0.29) is 0 Å². The molecule has 13 heavy (non-hydrogen) atoms. The van der Waals surface area contributed by atoms with Gasteiger partial charge in [-0.1, -0.05) is 5.57 Å². The van der Waals surface area contributed by atoms with Crippen LogP contribution in [0.3, 0.4) is 0 Å². The predicted octanol–water partition coefficient (Wildman–Crippen LogP) is 2.22. The van der Waals surface area contributed by atoms with Crippen molar-refractivity contribution in [2.75, 3.05) is 13.1 Å². The van der Waals surface area contributed by atoms with Crippen molar-refractivity contribution < 1.29 is 0 Å². The number of nitrogens with zero attached hydrogens (tertiary/aromatic N) is 1. The quantitative estimate of drug-likeness (QED) is 0.741. The Labute approximate surface area is 82.8 Å². The predicted molar refractivity (Wildman–Crippen MR) is 56.9 cm³/mol. The maximum atomic E-state index is 4.31. The van der Waals surface area contributed by atoms with Crippen LogP contribution in [0.5, 0.6) is 0 Å². The molecule has 1 aliphatic heterocycles. The summed E-state index contributed by atoms with van der Waals surface area (Å²) in [6.07, 6.45) is 1.17. The van der Waals surface area contributed by atoms with Gasteiger partial charge in [0.1, 0.15) is 0 Å². The van der Waals surface area contributed by atoms with Crippen molar-refractivity contribution in [2.45, 2.75) is 20.3 Å². The fourth-order valence-electron chi connectivity index (χ4n) is 1.59. The molecule has 1 aromatic heterocycles. The molecule has 0 atom stereocenters. The summed E-state index contributed by atoms with van der Waals surface area (Å²) in [7, 11) is 0. The maximum absolute atomic E-state index is 4.31. The number of rotatable bonds is 1. The third kappa shape index (κ3) is 1.81. The van der Waals surface area contributed by atoms with Crippen LogP contribution in [-0.4, -0.2) is 17.5 Å². The van der Waals surface area contributed by atoms with Crippen LogP contribution >= 0.6 is 11.5 Å². The van der Waals surface area contributed by atoms with Crippen LogP contribution in [0.4, 0.5) is 0 Å². The van der Waals surface area contributed by atoms with E-state index < -0.39 is 0 Å². The van der Waals surface area contributed by atoms with Gasteiger partial charge in [0.05, 0.1) is 10.6 Å². The summed E-state index contributed by atoms with van der Waals surface area (Å²) in [6, 6.07) is 2.18. The average molecular weight is 194 g/mol. The first-order valence-electron chi connectivity index (χ1n) is 4.60. The highest BCUT2D eigenvalue weighted by Crippen LogP contribution is 2.25. The minimum atomic E-state index is 1.01. The molecular weight excluding hydrogens is 180 g/mol. The van der Waals surface area contributed by atoms with Crippen LogP contribution in [0.15, 0.2) is 11.6 Å². The lowest BCUT2D eigenvalue weighted by Gasteiger charge is -2.17. The molecule has 0 radical (unpaired) electrons. The molecule has 3 heteroatoms. The van der Waals surface area contributed by atoms with Gasteiger partial charge < -0.3 is 5.32 Å². The Morgan fingerprint density at radius 3 is 2.92 bits per heavy atom. The van der Waals surface area contributed by atoms with Crippen molar-refractivity contribution >= 4 is 17.1 Å². The molecule has 1 aliphatic rings. The Kier molecular flexibility index (Phi) is 2.47. The molecule has 0 fully saturated rings. The molecular formula is C10H14N2S. The van der Waals surface area contributed by atoms with E-state index >= 15 is 0 Å². The highest BCUT2D eigenvalue weighted by Gasteiger charge is 2.12. The summed E-state index contributed by atoms with van der Waals surface area (Å²) >= 11 is 1.61. The van der Waals surface area contributed by atoms with E-state index in [0.717, 1.165) is 18.8 Å². The molecule has 70 valence electrons. The minimum absolute atomic E-state index is 1.01. The van der Waals surface area contributed by atoms with Crippen LogP contribution in [0, 0.1) is 6.92 Å². The molecule has 0 bridgehead atoms. The molecule has 0 aromatic carbocycles. The average Bonchev–Trinajstić information content (AvgIpc) is 2.53. The molecule has 0 aliphatic carbocycles. The van der Waals surface area contributed by atoms with Gasteiger partial charge in [-0.15, -0.1) is 0 Å². The van der Waals surface area contributed by atoms with Crippen molar-refractivity contribution in [3.63, 3.8) is 0 Å². The van der Waals surface area contributed by atoms with E-state index in [1.165, 1.54) is 22.4 Å². The number of nitrogens with one attached hydrogen (secondary N) is 1. The second-order valence-electron chi connectivity index (χ2n) is 3.52. The Morgan fingerprint density at radius 2 is 2.31 bits per heavy atom. The van der Waals surface area contributed by atoms with Crippen molar-refractivity contribution in [1.82, 2.24) is 9.69 Å². The largest absolute Gasteiger partial charge is 0.312 e.